The van der Waals surface area contributed by atoms with Crippen LogP contribution in [-0.4, -0.2) is 36.3 Å². The van der Waals surface area contributed by atoms with Crippen LogP contribution in [0.5, 0.6) is 0 Å². The molecule has 0 N–H and O–H groups in total. The summed E-state index contributed by atoms with van der Waals surface area (Å²) in [6, 6.07) is 2.51. The average molecular weight is 356 g/mol. The van der Waals surface area contributed by atoms with Crippen LogP contribution in [0, 0.1) is 5.92 Å². The lowest BCUT2D eigenvalue weighted by atomic mass is 9.96. The maximum Gasteiger partial charge on any atom is 0.137 e. The predicted octanol–water partition coefficient (Wildman–Crippen LogP) is 3.79. The Labute approximate surface area is 136 Å². The summed E-state index contributed by atoms with van der Waals surface area (Å²) < 4.78 is 6.12. The Morgan fingerprint density at radius 1 is 1.38 bits per heavy atom. The molecule has 1 heterocycles. The van der Waals surface area contributed by atoms with Crippen LogP contribution in [0.2, 0.25) is 0 Å². The van der Waals surface area contributed by atoms with Gasteiger partial charge in [-0.3, -0.25) is 0 Å². The first-order chi connectivity index (χ1) is 9.82. The molecular weight excluding hydrogens is 330 g/mol. The molecule has 1 atom stereocenters. The molecule has 1 fully saturated rings. The molecule has 1 aliphatic rings. The minimum absolute atomic E-state index is 0.0612. The maximum absolute atomic E-state index is 5.28. The van der Waals surface area contributed by atoms with E-state index in [-0.39, 0.29) is 5.41 Å². The number of hydrogen-bond acceptors (Lipinski definition) is 4. The highest BCUT2D eigenvalue weighted by atomic mass is 79.9. The van der Waals surface area contributed by atoms with Crippen LogP contribution in [0.25, 0.3) is 0 Å². The number of hydrogen-bond donors (Lipinski definition) is 0. The molecule has 118 valence electrons. The number of anilines is 1. The van der Waals surface area contributed by atoms with Gasteiger partial charge in [0.05, 0.1) is 6.61 Å². The van der Waals surface area contributed by atoms with Gasteiger partial charge in [-0.15, -0.1) is 0 Å². The third-order valence-corrected chi connectivity index (χ3v) is 4.38. The van der Waals surface area contributed by atoms with Crippen molar-refractivity contribution in [3.05, 3.63) is 16.5 Å². The summed E-state index contributed by atoms with van der Waals surface area (Å²) >= 11 is 3.53. The van der Waals surface area contributed by atoms with E-state index in [0.29, 0.717) is 12.6 Å². The predicted molar refractivity (Wildman–Crippen MR) is 89.8 cm³/mol. The van der Waals surface area contributed by atoms with E-state index in [9.17, 15) is 0 Å². The second-order valence-electron chi connectivity index (χ2n) is 6.89. The van der Waals surface area contributed by atoms with Crippen LogP contribution in [0.15, 0.2) is 10.7 Å². The molecule has 0 saturated heterocycles. The molecule has 1 aliphatic carbocycles. The van der Waals surface area contributed by atoms with E-state index in [4.69, 9.17) is 9.72 Å². The molecule has 0 aromatic carbocycles. The van der Waals surface area contributed by atoms with Crippen molar-refractivity contribution in [3.63, 3.8) is 0 Å². The standard InChI is InChI=1S/C16H26BrN3O/c1-11(12-6-7-12)20(8-9-21-5)14-10-13(17)18-15(19-14)16(2,3)4/h10-12H,6-9H2,1-5H3. The highest BCUT2D eigenvalue weighted by Gasteiger charge is 2.33. The smallest absolute Gasteiger partial charge is 0.137 e. The van der Waals surface area contributed by atoms with Gasteiger partial charge in [-0.25, -0.2) is 9.97 Å². The fourth-order valence-electron chi connectivity index (χ4n) is 2.44. The van der Waals surface area contributed by atoms with Crippen LogP contribution in [0.3, 0.4) is 0 Å². The Morgan fingerprint density at radius 2 is 2.05 bits per heavy atom. The van der Waals surface area contributed by atoms with Gasteiger partial charge in [-0.1, -0.05) is 20.8 Å². The highest BCUT2D eigenvalue weighted by molar-refractivity contribution is 9.10. The highest BCUT2D eigenvalue weighted by Crippen LogP contribution is 2.37. The number of halogens is 1. The first-order valence-corrected chi connectivity index (χ1v) is 8.43. The molecule has 0 bridgehead atoms. The van der Waals surface area contributed by atoms with Crippen LogP contribution in [0.4, 0.5) is 5.82 Å². The van der Waals surface area contributed by atoms with Gasteiger partial charge >= 0.3 is 0 Å². The summed E-state index contributed by atoms with van der Waals surface area (Å²) in [5.74, 6) is 2.66. The van der Waals surface area contributed by atoms with Gasteiger partial charge in [0, 0.05) is 31.2 Å². The van der Waals surface area contributed by atoms with Crippen molar-refractivity contribution in [3.8, 4) is 0 Å². The average Bonchev–Trinajstić information content (AvgIpc) is 3.21. The molecule has 0 spiro atoms. The SMILES string of the molecule is COCCN(c1cc(Br)nc(C(C)(C)C)n1)C(C)C1CC1. The molecule has 1 aromatic rings. The zero-order chi connectivity index (χ0) is 15.6. The molecule has 21 heavy (non-hydrogen) atoms. The maximum atomic E-state index is 5.28. The normalized spacial score (nSPS) is 16.9. The minimum Gasteiger partial charge on any atom is -0.383 e. The summed E-state index contributed by atoms with van der Waals surface area (Å²) in [6.45, 7) is 10.3. The largest absolute Gasteiger partial charge is 0.383 e. The van der Waals surface area contributed by atoms with E-state index in [1.807, 2.05) is 6.07 Å². The summed E-state index contributed by atoms with van der Waals surface area (Å²) in [7, 11) is 1.75. The second kappa shape index (κ2) is 6.61. The van der Waals surface area contributed by atoms with E-state index in [2.05, 4.69) is 53.5 Å². The minimum atomic E-state index is -0.0612. The van der Waals surface area contributed by atoms with Gasteiger partial charge in [0.25, 0.3) is 0 Å². The third kappa shape index (κ3) is 4.39. The van der Waals surface area contributed by atoms with E-state index >= 15 is 0 Å². The Kier molecular flexibility index (Phi) is 5.25. The summed E-state index contributed by atoms with van der Waals surface area (Å²) in [5.41, 5.74) is -0.0612. The third-order valence-electron chi connectivity index (χ3n) is 3.98. The van der Waals surface area contributed by atoms with Gasteiger partial charge in [0.2, 0.25) is 0 Å². The Balaban J connectivity index is 2.31. The number of rotatable bonds is 6. The van der Waals surface area contributed by atoms with Crippen molar-refractivity contribution in [2.24, 2.45) is 5.92 Å². The zero-order valence-electron chi connectivity index (χ0n) is 13.7. The molecule has 2 rings (SSSR count). The van der Waals surface area contributed by atoms with Crippen molar-refractivity contribution in [2.45, 2.75) is 52.0 Å². The second-order valence-corrected chi connectivity index (χ2v) is 7.70. The van der Waals surface area contributed by atoms with Crippen molar-refractivity contribution < 1.29 is 4.74 Å². The lowest BCUT2D eigenvalue weighted by Gasteiger charge is -2.31. The van der Waals surface area contributed by atoms with E-state index in [0.717, 1.165) is 28.7 Å². The van der Waals surface area contributed by atoms with E-state index in [1.165, 1.54) is 12.8 Å². The quantitative estimate of drug-likeness (QED) is 0.727. The molecule has 0 radical (unpaired) electrons. The van der Waals surface area contributed by atoms with Crippen LogP contribution in [-0.2, 0) is 10.2 Å². The summed E-state index contributed by atoms with van der Waals surface area (Å²) in [4.78, 5) is 11.7. The topological polar surface area (TPSA) is 38.2 Å². The molecular formula is C16H26BrN3O. The van der Waals surface area contributed by atoms with Crippen molar-refractivity contribution in [2.75, 3.05) is 25.2 Å². The van der Waals surface area contributed by atoms with Crippen LogP contribution in [0.1, 0.15) is 46.4 Å². The fraction of sp³-hybridized carbons (Fsp3) is 0.750. The van der Waals surface area contributed by atoms with E-state index in [1.54, 1.807) is 7.11 Å². The first-order valence-electron chi connectivity index (χ1n) is 7.63. The molecule has 5 heteroatoms. The molecule has 4 nitrogen and oxygen atoms in total. The van der Waals surface area contributed by atoms with Gasteiger partial charge < -0.3 is 9.64 Å². The summed E-state index contributed by atoms with van der Waals surface area (Å²) in [5, 5.41) is 0. The first kappa shape index (κ1) is 16.7. The number of ether oxygens (including phenoxy) is 1. The van der Waals surface area contributed by atoms with Gasteiger partial charge in [-0.05, 0) is 41.6 Å². The van der Waals surface area contributed by atoms with Gasteiger partial charge in [0.15, 0.2) is 0 Å². The Morgan fingerprint density at radius 3 is 2.57 bits per heavy atom. The number of methoxy groups -OCH3 is 1. The van der Waals surface area contributed by atoms with Crippen LogP contribution < -0.4 is 4.90 Å². The van der Waals surface area contributed by atoms with Crippen LogP contribution >= 0.6 is 15.9 Å². The number of aromatic nitrogens is 2. The lowest BCUT2D eigenvalue weighted by Crippen LogP contribution is -2.38. The van der Waals surface area contributed by atoms with Gasteiger partial charge in [-0.2, -0.15) is 0 Å². The Bertz CT molecular complexity index is 483. The number of nitrogens with zero attached hydrogens (tertiary/aromatic N) is 3. The molecule has 0 aliphatic heterocycles. The zero-order valence-corrected chi connectivity index (χ0v) is 15.3. The van der Waals surface area contributed by atoms with Crippen molar-refractivity contribution >= 4 is 21.7 Å². The van der Waals surface area contributed by atoms with Crippen molar-refractivity contribution in [1.29, 1.82) is 0 Å². The van der Waals surface area contributed by atoms with Gasteiger partial charge in [0.1, 0.15) is 16.2 Å². The molecule has 1 saturated carbocycles. The molecule has 0 amide bonds. The lowest BCUT2D eigenvalue weighted by molar-refractivity contribution is 0.202. The monoisotopic (exact) mass is 355 g/mol. The molecule has 1 unspecified atom stereocenters. The van der Waals surface area contributed by atoms with Crippen molar-refractivity contribution in [1.82, 2.24) is 9.97 Å². The molecule has 1 aromatic heterocycles. The summed E-state index contributed by atoms with van der Waals surface area (Å²) in [6.07, 6.45) is 2.64. The Hall–Kier alpha value is -0.680. The van der Waals surface area contributed by atoms with E-state index < -0.39 is 0 Å². The fourth-order valence-corrected chi connectivity index (χ4v) is 2.81.